The van der Waals surface area contributed by atoms with E-state index < -0.39 is 0 Å². The third-order valence-corrected chi connectivity index (χ3v) is 4.64. The Bertz CT molecular complexity index is 663. The van der Waals surface area contributed by atoms with Crippen LogP contribution in [-0.4, -0.2) is 37.5 Å². The Morgan fingerprint density at radius 2 is 1.72 bits per heavy atom. The minimum atomic E-state index is 0.0637. The molecule has 0 unspecified atom stereocenters. The van der Waals surface area contributed by atoms with E-state index in [1.54, 1.807) is 0 Å². The van der Waals surface area contributed by atoms with Crippen LogP contribution < -0.4 is 10.2 Å². The lowest BCUT2D eigenvalue weighted by Gasteiger charge is -2.18. The Hall–Kier alpha value is -2.33. The third kappa shape index (κ3) is 5.33. The van der Waals surface area contributed by atoms with E-state index in [9.17, 15) is 4.79 Å². The fourth-order valence-electron chi connectivity index (χ4n) is 3.22. The van der Waals surface area contributed by atoms with Crippen LogP contribution in [0.1, 0.15) is 24.8 Å². The van der Waals surface area contributed by atoms with Gasteiger partial charge in [0, 0.05) is 44.0 Å². The maximum Gasteiger partial charge on any atom is 0.225 e. The molecular weight excluding hydrogens is 310 g/mol. The quantitative estimate of drug-likeness (QED) is 0.836. The Morgan fingerprint density at radius 1 is 1.04 bits per heavy atom. The number of carbonyl (C=O) groups is 1. The SMILES string of the molecule is CN(CCC(=O)Nc1ccc(N2CCCC2)cc1)Cc1ccccc1. The second-order valence-corrected chi connectivity index (χ2v) is 6.76. The maximum atomic E-state index is 12.2. The van der Waals surface area contributed by atoms with Crippen LogP contribution in [0.25, 0.3) is 0 Å². The fourth-order valence-corrected chi connectivity index (χ4v) is 3.22. The molecular formula is C21H27N3O. The lowest BCUT2D eigenvalue weighted by molar-refractivity contribution is -0.116. The maximum absolute atomic E-state index is 12.2. The van der Waals surface area contributed by atoms with Gasteiger partial charge in [-0.2, -0.15) is 0 Å². The summed E-state index contributed by atoms with van der Waals surface area (Å²) >= 11 is 0. The predicted molar refractivity (Wildman–Crippen MR) is 104 cm³/mol. The summed E-state index contributed by atoms with van der Waals surface area (Å²) in [5.74, 6) is 0.0637. The molecule has 1 aliphatic heterocycles. The van der Waals surface area contributed by atoms with Gasteiger partial charge >= 0.3 is 0 Å². The number of nitrogens with zero attached hydrogens (tertiary/aromatic N) is 2. The average Bonchev–Trinajstić information content (AvgIpc) is 3.16. The van der Waals surface area contributed by atoms with Crippen molar-refractivity contribution in [3.05, 3.63) is 60.2 Å². The lowest BCUT2D eigenvalue weighted by Crippen LogP contribution is -2.24. The number of amides is 1. The molecule has 1 fully saturated rings. The van der Waals surface area contributed by atoms with Gasteiger partial charge < -0.3 is 15.1 Å². The third-order valence-electron chi connectivity index (χ3n) is 4.64. The second-order valence-electron chi connectivity index (χ2n) is 6.76. The van der Waals surface area contributed by atoms with E-state index in [1.807, 2.05) is 37.4 Å². The van der Waals surface area contributed by atoms with Crippen LogP contribution in [0.4, 0.5) is 11.4 Å². The summed E-state index contributed by atoms with van der Waals surface area (Å²) < 4.78 is 0. The molecule has 1 amide bonds. The minimum absolute atomic E-state index is 0.0637. The van der Waals surface area contributed by atoms with Gasteiger partial charge in [-0.05, 0) is 49.7 Å². The van der Waals surface area contributed by atoms with Crippen LogP contribution in [-0.2, 0) is 11.3 Å². The van der Waals surface area contributed by atoms with Gasteiger partial charge in [0.15, 0.2) is 0 Å². The van der Waals surface area contributed by atoms with E-state index in [0.717, 1.165) is 31.9 Å². The predicted octanol–water partition coefficient (Wildman–Crippen LogP) is 3.75. The van der Waals surface area contributed by atoms with Crippen LogP contribution in [0.5, 0.6) is 0 Å². The number of carbonyl (C=O) groups excluding carboxylic acids is 1. The van der Waals surface area contributed by atoms with Crippen LogP contribution in [0.15, 0.2) is 54.6 Å². The van der Waals surface area contributed by atoms with Crippen molar-refractivity contribution in [1.82, 2.24) is 4.90 Å². The highest BCUT2D eigenvalue weighted by Crippen LogP contribution is 2.22. The van der Waals surface area contributed by atoms with Crippen molar-refractivity contribution >= 4 is 17.3 Å². The molecule has 4 heteroatoms. The first kappa shape index (κ1) is 17.5. The van der Waals surface area contributed by atoms with E-state index in [1.165, 1.54) is 24.1 Å². The summed E-state index contributed by atoms with van der Waals surface area (Å²) in [5, 5.41) is 2.99. The topological polar surface area (TPSA) is 35.6 Å². The molecule has 4 nitrogen and oxygen atoms in total. The van der Waals surface area contributed by atoms with Gasteiger partial charge in [0.05, 0.1) is 0 Å². The van der Waals surface area contributed by atoms with Gasteiger partial charge in [-0.1, -0.05) is 30.3 Å². The molecule has 2 aromatic rings. The first-order valence-electron chi connectivity index (χ1n) is 9.08. The Kier molecular flexibility index (Phi) is 6.07. The monoisotopic (exact) mass is 337 g/mol. The standard InChI is InChI=1S/C21H27N3O/c1-23(17-18-7-3-2-4-8-18)16-13-21(25)22-19-9-11-20(12-10-19)24-14-5-6-15-24/h2-4,7-12H,5-6,13-17H2,1H3,(H,22,25). The van der Waals surface area contributed by atoms with Gasteiger partial charge in [0.2, 0.25) is 5.91 Å². The van der Waals surface area contributed by atoms with Crippen molar-refractivity contribution < 1.29 is 4.79 Å². The molecule has 0 spiro atoms. The molecule has 1 saturated heterocycles. The van der Waals surface area contributed by atoms with Crippen LogP contribution in [0.2, 0.25) is 0 Å². The zero-order valence-corrected chi connectivity index (χ0v) is 14.9. The number of anilines is 2. The van der Waals surface area contributed by atoms with Gasteiger partial charge in [-0.15, -0.1) is 0 Å². The molecule has 1 N–H and O–H groups in total. The molecule has 2 aromatic carbocycles. The van der Waals surface area contributed by atoms with Crippen molar-refractivity contribution in [3.63, 3.8) is 0 Å². The normalized spacial score (nSPS) is 14.1. The summed E-state index contributed by atoms with van der Waals surface area (Å²) in [6.07, 6.45) is 3.04. The first-order valence-corrected chi connectivity index (χ1v) is 9.08. The van der Waals surface area contributed by atoms with Crippen molar-refractivity contribution in [2.24, 2.45) is 0 Å². The summed E-state index contributed by atoms with van der Waals surface area (Å²) in [7, 11) is 2.05. The summed E-state index contributed by atoms with van der Waals surface area (Å²) in [5.41, 5.74) is 3.39. The second kappa shape index (κ2) is 8.67. The first-order chi connectivity index (χ1) is 12.2. The number of hydrogen-bond donors (Lipinski definition) is 1. The Balaban J connectivity index is 1.42. The molecule has 25 heavy (non-hydrogen) atoms. The van der Waals surface area contributed by atoms with Crippen molar-refractivity contribution in [2.75, 3.05) is 36.9 Å². The number of hydrogen-bond acceptors (Lipinski definition) is 3. The fraction of sp³-hybridized carbons (Fsp3) is 0.381. The Morgan fingerprint density at radius 3 is 2.40 bits per heavy atom. The molecule has 1 aliphatic rings. The van der Waals surface area contributed by atoms with E-state index in [4.69, 9.17) is 0 Å². The molecule has 3 rings (SSSR count). The number of nitrogens with one attached hydrogen (secondary N) is 1. The molecule has 1 heterocycles. The van der Waals surface area contributed by atoms with Crippen LogP contribution in [0, 0.1) is 0 Å². The minimum Gasteiger partial charge on any atom is -0.372 e. The van der Waals surface area contributed by atoms with Gasteiger partial charge in [-0.3, -0.25) is 4.79 Å². The smallest absolute Gasteiger partial charge is 0.225 e. The Labute approximate surface area is 150 Å². The van der Waals surface area contributed by atoms with Crippen molar-refractivity contribution in [1.29, 1.82) is 0 Å². The van der Waals surface area contributed by atoms with E-state index in [-0.39, 0.29) is 5.91 Å². The van der Waals surface area contributed by atoms with E-state index in [0.29, 0.717) is 6.42 Å². The van der Waals surface area contributed by atoms with Crippen LogP contribution in [0.3, 0.4) is 0 Å². The molecule has 0 radical (unpaired) electrons. The van der Waals surface area contributed by atoms with Gasteiger partial charge in [0.1, 0.15) is 0 Å². The van der Waals surface area contributed by atoms with Gasteiger partial charge in [-0.25, -0.2) is 0 Å². The van der Waals surface area contributed by atoms with E-state index in [2.05, 4.69) is 39.4 Å². The number of rotatable bonds is 7. The summed E-state index contributed by atoms with van der Waals surface area (Å²) in [4.78, 5) is 16.7. The van der Waals surface area contributed by atoms with Crippen molar-refractivity contribution in [2.45, 2.75) is 25.8 Å². The summed E-state index contributed by atoms with van der Waals surface area (Å²) in [6.45, 7) is 3.88. The molecule has 0 bridgehead atoms. The highest BCUT2D eigenvalue weighted by molar-refractivity contribution is 5.91. The number of benzene rings is 2. The molecule has 0 aromatic heterocycles. The molecule has 0 aliphatic carbocycles. The molecule has 132 valence electrons. The van der Waals surface area contributed by atoms with Crippen LogP contribution >= 0.6 is 0 Å². The highest BCUT2D eigenvalue weighted by atomic mass is 16.1. The molecule has 0 saturated carbocycles. The van der Waals surface area contributed by atoms with Crippen molar-refractivity contribution in [3.8, 4) is 0 Å². The zero-order valence-electron chi connectivity index (χ0n) is 14.9. The zero-order chi connectivity index (χ0) is 17.5. The molecule has 0 atom stereocenters. The largest absolute Gasteiger partial charge is 0.372 e. The average molecular weight is 337 g/mol. The lowest BCUT2D eigenvalue weighted by atomic mass is 10.2. The van der Waals surface area contributed by atoms with Gasteiger partial charge in [0.25, 0.3) is 0 Å². The summed E-state index contributed by atoms with van der Waals surface area (Å²) in [6, 6.07) is 18.5. The highest BCUT2D eigenvalue weighted by Gasteiger charge is 2.12. The van der Waals surface area contributed by atoms with E-state index >= 15 is 0 Å².